The van der Waals surface area contributed by atoms with E-state index in [0.717, 1.165) is 11.8 Å². The van der Waals surface area contributed by atoms with Gasteiger partial charge in [0.05, 0.1) is 27.4 Å². The van der Waals surface area contributed by atoms with Crippen LogP contribution in [0.5, 0.6) is 0 Å². The standard InChI is InChI=1S/C16H11Cl2N3O2S/c17-9-5-6-13(11(18)7-9)19-14(22)8-24-16-20-12-4-2-1-3-10(12)15(23)21-16/h1-7H,8H2,(H,19,22)(H,20,21,23). The Morgan fingerprint density at radius 1 is 1.21 bits per heavy atom. The summed E-state index contributed by atoms with van der Waals surface area (Å²) < 4.78 is 0. The predicted octanol–water partition coefficient (Wildman–Crippen LogP) is 3.96. The van der Waals surface area contributed by atoms with Crippen LogP contribution in [0.4, 0.5) is 5.69 Å². The maximum atomic E-state index is 12.0. The van der Waals surface area contributed by atoms with Crippen molar-refractivity contribution >= 4 is 57.5 Å². The van der Waals surface area contributed by atoms with Crippen LogP contribution < -0.4 is 10.9 Å². The number of nitrogens with one attached hydrogen (secondary N) is 2. The van der Waals surface area contributed by atoms with E-state index in [1.54, 1.807) is 42.5 Å². The number of carbonyl (C=O) groups is 1. The Kier molecular flexibility index (Phi) is 5.08. The number of hydrogen-bond donors (Lipinski definition) is 2. The molecule has 1 aromatic heterocycles. The first-order valence-corrected chi connectivity index (χ1v) is 8.64. The molecule has 0 aliphatic rings. The number of aromatic amines is 1. The van der Waals surface area contributed by atoms with Crippen molar-refractivity contribution in [3.63, 3.8) is 0 Å². The molecule has 0 aliphatic heterocycles. The minimum absolute atomic E-state index is 0.0836. The van der Waals surface area contributed by atoms with Gasteiger partial charge in [-0.15, -0.1) is 0 Å². The van der Waals surface area contributed by atoms with E-state index in [9.17, 15) is 9.59 Å². The van der Waals surface area contributed by atoms with Crippen LogP contribution in [-0.2, 0) is 4.79 Å². The van der Waals surface area contributed by atoms with Crippen molar-refractivity contribution in [3.8, 4) is 0 Å². The number of amides is 1. The topological polar surface area (TPSA) is 74.8 Å². The molecule has 0 unspecified atom stereocenters. The molecular formula is C16H11Cl2N3O2S. The van der Waals surface area contributed by atoms with Crippen LogP contribution in [-0.4, -0.2) is 21.6 Å². The molecule has 0 radical (unpaired) electrons. The SMILES string of the molecule is O=C(CSc1nc2ccccc2c(=O)[nH]1)Nc1ccc(Cl)cc1Cl. The Labute approximate surface area is 151 Å². The van der Waals surface area contributed by atoms with Gasteiger partial charge < -0.3 is 10.3 Å². The number of benzene rings is 2. The highest BCUT2D eigenvalue weighted by molar-refractivity contribution is 7.99. The number of thioether (sulfide) groups is 1. The molecular weight excluding hydrogens is 369 g/mol. The molecule has 0 saturated heterocycles. The highest BCUT2D eigenvalue weighted by atomic mass is 35.5. The molecule has 0 spiro atoms. The maximum absolute atomic E-state index is 12.0. The maximum Gasteiger partial charge on any atom is 0.259 e. The smallest absolute Gasteiger partial charge is 0.259 e. The Hall–Kier alpha value is -2.02. The number of halogens is 2. The van der Waals surface area contributed by atoms with E-state index in [1.165, 1.54) is 0 Å². The Morgan fingerprint density at radius 2 is 2.00 bits per heavy atom. The number of hydrogen-bond acceptors (Lipinski definition) is 4. The summed E-state index contributed by atoms with van der Waals surface area (Å²) in [4.78, 5) is 31.0. The van der Waals surface area contributed by atoms with Gasteiger partial charge in [-0.2, -0.15) is 0 Å². The lowest BCUT2D eigenvalue weighted by Crippen LogP contribution is -2.15. The van der Waals surface area contributed by atoms with Gasteiger partial charge in [0.1, 0.15) is 0 Å². The van der Waals surface area contributed by atoms with E-state index in [1.807, 2.05) is 0 Å². The lowest BCUT2D eigenvalue weighted by molar-refractivity contribution is -0.113. The van der Waals surface area contributed by atoms with Crippen molar-refractivity contribution in [2.45, 2.75) is 5.16 Å². The average Bonchev–Trinajstić information content (AvgIpc) is 2.56. The molecule has 3 rings (SSSR count). The van der Waals surface area contributed by atoms with Gasteiger partial charge in [0.2, 0.25) is 5.91 Å². The van der Waals surface area contributed by atoms with Crippen LogP contribution >= 0.6 is 35.0 Å². The fraction of sp³-hybridized carbons (Fsp3) is 0.0625. The number of carbonyl (C=O) groups excluding carboxylic acids is 1. The summed E-state index contributed by atoms with van der Waals surface area (Å²) in [6, 6.07) is 11.8. The summed E-state index contributed by atoms with van der Waals surface area (Å²) >= 11 is 13.0. The second-order valence-electron chi connectivity index (χ2n) is 4.85. The molecule has 24 heavy (non-hydrogen) atoms. The van der Waals surface area contributed by atoms with E-state index in [4.69, 9.17) is 23.2 Å². The van der Waals surface area contributed by atoms with Gasteiger partial charge in [0.15, 0.2) is 5.16 Å². The fourth-order valence-corrected chi connectivity index (χ4v) is 3.17. The van der Waals surface area contributed by atoms with Crippen molar-refractivity contribution in [1.29, 1.82) is 0 Å². The molecule has 1 heterocycles. The summed E-state index contributed by atoms with van der Waals surface area (Å²) in [5.41, 5.74) is 0.834. The molecule has 0 bridgehead atoms. The molecule has 122 valence electrons. The number of fused-ring (bicyclic) bond motifs is 1. The quantitative estimate of drug-likeness (QED) is 0.531. The summed E-state index contributed by atoms with van der Waals surface area (Å²) in [5.74, 6) is -0.180. The molecule has 5 nitrogen and oxygen atoms in total. The third-order valence-corrected chi connectivity index (χ3v) is 4.56. The second-order valence-corrected chi connectivity index (χ2v) is 6.66. The van der Waals surface area contributed by atoms with E-state index < -0.39 is 0 Å². The molecule has 0 aliphatic carbocycles. The van der Waals surface area contributed by atoms with Gasteiger partial charge in [-0.3, -0.25) is 9.59 Å². The highest BCUT2D eigenvalue weighted by Crippen LogP contribution is 2.25. The molecule has 3 aromatic rings. The Morgan fingerprint density at radius 3 is 2.79 bits per heavy atom. The Balaban J connectivity index is 1.69. The predicted molar refractivity (Wildman–Crippen MR) is 98.2 cm³/mol. The normalized spacial score (nSPS) is 10.8. The number of H-pyrrole nitrogens is 1. The third-order valence-electron chi connectivity index (χ3n) is 3.14. The zero-order valence-electron chi connectivity index (χ0n) is 12.2. The molecule has 8 heteroatoms. The second kappa shape index (κ2) is 7.25. The third kappa shape index (κ3) is 3.90. The van der Waals surface area contributed by atoms with Crippen LogP contribution in [0.15, 0.2) is 52.4 Å². The van der Waals surface area contributed by atoms with E-state index in [2.05, 4.69) is 15.3 Å². The van der Waals surface area contributed by atoms with Gasteiger partial charge in [0, 0.05) is 5.02 Å². The van der Waals surface area contributed by atoms with Gasteiger partial charge in [-0.05, 0) is 30.3 Å². The molecule has 2 aromatic carbocycles. The molecule has 1 amide bonds. The van der Waals surface area contributed by atoms with E-state index >= 15 is 0 Å². The summed E-state index contributed by atoms with van der Waals surface area (Å²) in [5, 5.41) is 4.44. The Bertz CT molecular complexity index is 975. The van der Waals surface area contributed by atoms with Gasteiger partial charge in [0.25, 0.3) is 5.56 Å². The first kappa shape index (κ1) is 16.8. The average molecular weight is 380 g/mol. The van der Waals surface area contributed by atoms with E-state index in [0.29, 0.717) is 31.8 Å². The minimum Gasteiger partial charge on any atom is -0.324 e. The van der Waals surface area contributed by atoms with Crippen LogP contribution in [0.3, 0.4) is 0 Å². The van der Waals surface area contributed by atoms with Crippen molar-refractivity contribution in [1.82, 2.24) is 9.97 Å². The largest absolute Gasteiger partial charge is 0.324 e. The van der Waals surface area contributed by atoms with Crippen LogP contribution in [0.2, 0.25) is 10.0 Å². The number of anilines is 1. The van der Waals surface area contributed by atoms with Crippen LogP contribution in [0, 0.1) is 0 Å². The lowest BCUT2D eigenvalue weighted by atomic mass is 10.2. The number of para-hydroxylation sites is 1. The highest BCUT2D eigenvalue weighted by Gasteiger charge is 2.09. The van der Waals surface area contributed by atoms with Gasteiger partial charge >= 0.3 is 0 Å². The number of aromatic nitrogens is 2. The van der Waals surface area contributed by atoms with Crippen LogP contribution in [0.25, 0.3) is 10.9 Å². The minimum atomic E-state index is -0.264. The summed E-state index contributed by atoms with van der Waals surface area (Å²) in [6.07, 6.45) is 0. The number of rotatable bonds is 4. The van der Waals surface area contributed by atoms with Gasteiger partial charge in [-0.1, -0.05) is 47.1 Å². The van der Waals surface area contributed by atoms with Crippen molar-refractivity contribution in [3.05, 3.63) is 62.9 Å². The van der Waals surface area contributed by atoms with Crippen LogP contribution in [0.1, 0.15) is 0 Å². The zero-order chi connectivity index (χ0) is 17.1. The summed E-state index contributed by atoms with van der Waals surface area (Å²) in [7, 11) is 0. The molecule has 0 fully saturated rings. The first-order chi connectivity index (χ1) is 11.5. The molecule has 2 N–H and O–H groups in total. The monoisotopic (exact) mass is 379 g/mol. The lowest BCUT2D eigenvalue weighted by Gasteiger charge is -2.07. The van der Waals surface area contributed by atoms with Crippen molar-refractivity contribution in [2.24, 2.45) is 0 Å². The van der Waals surface area contributed by atoms with Crippen molar-refractivity contribution in [2.75, 3.05) is 11.1 Å². The summed E-state index contributed by atoms with van der Waals surface area (Å²) in [6.45, 7) is 0. The van der Waals surface area contributed by atoms with E-state index in [-0.39, 0.29) is 17.2 Å². The zero-order valence-corrected chi connectivity index (χ0v) is 14.5. The van der Waals surface area contributed by atoms with Gasteiger partial charge in [-0.25, -0.2) is 4.98 Å². The molecule has 0 atom stereocenters. The molecule has 0 saturated carbocycles. The number of nitrogens with zero attached hydrogens (tertiary/aromatic N) is 1. The first-order valence-electron chi connectivity index (χ1n) is 6.90. The van der Waals surface area contributed by atoms with Crippen molar-refractivity contribution < 1.29 is 4.79 Å². The fourth-order valence-electron chi connectivity index (χ4n) is 2.04.